The van der Waals surface area contributed by atoms with Crippen molar-refractivity contribution in [2.75, 3.05) is 79.6 Å². The number of nitrogens with two attached hydrogens (primary N) is 1. The second kappa shape index (κ2) is 29.4. The van der Waals surface area contributed by atoms with Crippen molar-refractivity contribution < 1.29 is 38.1 Å². The fourth-order valence-electron chi connectivity index (χ4n) is 4.21. The molecule has 2 amide bonds. The number of hydrogen-bond donors (Lipinski definition) is 3. The molecule has 0 saturated heterocycles. The average molecular weight is 634 g/mol. The highest BCUT2D eigenvalue weighted by Gasteiger charge is 2.28. The van der Waals surface area contributed by atoms with Gasteiger partial charge in [-0.2, -0.15) is 0 Å². The predicted molar refractivity (Wildman–Crippen MR) is 177 cm³/mol. The molecule has 254 valence electrons. The lowest BCUT2D eigenvalue weighted by atomic mass is 9.98. The Kier molecular flexibility index (Phi) is 27.2. The van der Waals surface area contributed by atoms with E-state index in [1.54, 1.807) is 0 Å². The second-order valence-corrected chi connectivity index (χ2v) is 8.83. The van der Waals surface area contributed by atoms with Crippen LogP contribution >= 0.6 is 0 Å². The van der Waals surface area contributed by atoms with Gasteiger partial charge in [-0.15, -0.1) is 0 Å². The Bertz CT molecular complexity index is 993. The van der Waals surface area contributed by atoms with Gasteiger partial charge in [0, 0.05) is 32.2 Å². The van der Waals surface area contributed by atoms with Crippen LogP contribution in [-0.2, 0) is 33.3 Å². The van der Waals surface area contributed by atoms with Gasteiger partial charge in [0.2, 0.25) is 5.91 Å². The molecule has 0 bridgehead atoms. The van der Waals surface area contributed by atoms with Crippen LogP contribution in [0.5, 0.6) is 0 Å². The third-order valence-corrected chi connectivity index (χ3v) is 6.03. The SMILES string of the molecule is CC.CC.CN.O=CCOCC(=O)NCCCOCCOCCOCCCNC(=O)OCC1c2ccccc2-c2ccccc21. The third kappa shape index (κ3) is 17.7. The Morgan fingerprint density at radius 1 is 0.711 bits per heavy atom. The van der Waals surface area contributed by atoms with Crippen molar-refractivity contribution in [3.05, 3.63) is 59.7 Å². The normalized spacial score (nSPS) is 10.8. The molecule has 0 heterocycles. The molecular formula is C34H55N3O8. The average Bonchev–Trinajstić information content (AvgIpc) is 3.42. The summed E-state index contributed by atoms with van der Waals surface area (Å²) in [5.41, 5.74) is 9.28. The minimum absolute atomic E-state index is 0.0469. The minimum atomic E-state index is -0.425. The van der Waals surface area contributed by atoms with Crippen LogP contribution in [0.4, 0.5) is 4.79 Å². The minimum Gasteiger partial charge on any atom is -0.449 e. The molecule has 45 heavy (non-hydrogen) atoms. The molecule has 3 rings (SSSR count). The van der Waals surface area contributed by atoms with Gasteiger partial charge >= 0.3 is 6.09 Å². The lowest BCUT2D eigenvalue weighted by Gasteiger charge is -2.14. The molecule has 2 aromatic carbocycles. The highest BCUT2D eigenvalue weighted by Crippen LogP contribution is 2.44. The van der Waals surface area contributed by atoms with Gasteiger partial charge in [-0.05, 0) is 42.1 Å². The Labute approximate surface area is 269 Å². The van der Waals surface area contributed by atoms with E-state index in [2.05, 4.69) is 40.6 Å². The topological polar surface area (TPSA) is 147 Å². The van der Waals surface area contributed by atoms with E-state index in [1.807, 2.05) is 52.0 Å². The first-order valence-electron chi connectivity index (χ1n) is 15.9. The van der Waals surface area contributed by atoms with Crippen LogP contribution in [0.25, 0.3) is 11.1 Å². The number of carbonyl (C=O) groups is 3. The van der Waals surface area contributed by atoms with Gasteiger partial charge in [0.25, 0.3) is 0 Å². The molecule has 0 radical (unpaired) electrons. The van der Waals surface area contributed by atoms with Crippen LogP contribution in [-0.4, -0.2) is 97.9 Å². The number of alkyl carbamates (subject to hydrolysis) is 1. The first-order chi connectivity index (χ1) is 22.2. The lowest BCUT2D eigenvalue weighted by molar-refractivity contribution is -0.126. The van der Waals surface area contributed by atoms with Crippen molar-refractivity contribution >= 4 is 18.3 Å². The Morgan fingerprint density at radius 3 is 1.69 bits per heavy atom. The maximum absolute atomic E-state index is 12.2. The Morgan fingerprint density at radius 2 is 1.18 bits per heavy atom. The summed E-state index contributed by atoms with van der Waals surface area (Å²) < 4.78 is 26.7. The van der Waals surface area contributed by atoms with Gasteiger partial charge in [-0.25, -0.2) is 4.79 Å². The maximum Gasteiger partial charge on any atom is 0.407 e. The van der Waals surface area contributed by atoms with Crippen LogP contribution in [0.3, 0.4) is 0 Å². The standard InChI is InChI=1S/C29H38N2O8.2C2H6.CH5N/c32-13-16-38-22-28(33)30-11-5-14-35-17-19-37-20-18-36-15-6-12-31-29(34)39-21-27-25-9-3-1-7-23(25)24-8-2-4-10-26(24)27;3*1-2/h1-4,7-10,13,27H,5-6,11-12,14-22H2,(H,30,33)(H,31,34);2*1-2H3;2H2,1H3. The number of ether oxygens (including phenoxy) is 5. The fourth-order valence-corrected chi connectivity index (χ4v) is 4.21. The third-order valence-electron chi connectivity index (χ3n) is 6.03. The summed E-state index contributed by atoms with van der Waals surface area (Å²) >= 11 is 0. The van der Waals surface area contributed by atoms with E-state index in [-0.39, 0.29) is 25.0 Å². The largest absolute Gasteiger partial charge is 0.449 e. The number of fused-ring (bicyclic) bond motifs is 3. The molecule has 11 nitrogen and oxygen atoms in total. The van der Waals surface area contributed by atoms with Gasteiger partial charge in [-0.1, -0.05) is 76.2 Å². The summed E-state index contributed by atoms with van der Waals surface area (Å²) in [5.74, 6) is -0.209. The highest BCUT2D eigenvalue weighted by atomic mass is 16.6. The first-order valence-corrected chi connectivity index (χ1v) is 15.9. The van der Waals surface area contributed by atoms with Crippen LogP contribution in [0.2, 0.25) is 0 Å². The summed E-state index contributed by atoms with van der Waals surface area (Å²) in [4.78, 5) is 33.6. The van der Waals surface area contributed by atoms with Gasteiger partial charge in [0.05, 0.1) is 26.4 Å². The predicted octanol–water partition coefficient (Wildman–Crippen LogP) is 4.31. The van der Waals surface area contributed by atoms with Crippen LogP contribution in [0.15, 0.2) is 48.5 Å². The summed E-state index contributed by atoms with van der Waals surface area (Å²) in [6, 6.07) is 16.5. The number of nitrogens with one attached hydrogen (secondary N) is 2. The lowest BCUT2D eigenvalue weighted by Crippen LogP contribution is -2.29. The molecule has 0 saturated carbocycles. The van der Waals surface area contributed by atoms with E-state index in [0.29, 0.717) is 78.5 Å². The van der Waals surface area contributed by atoms with Crippen molar-refractivity contribution in [1.29, 1.82) is 0 Å². The van der Waals surface area contributed by atoms with Crippen LogP contribution < -0.4 is 16.4 Å². The number of benzene rings is 2. The zero-order valence-electron chi connectivity index (χ0n) is 27.8. The number of amides is 2. The number of hydrogen-bond acceptors (Lipinski definition) is 9. The van der Waals surface area contributed by atoms with Gasteiger partial charge in [0.1, 0.15) is 26.1 Å². The van der Waals surface area contributed by atoms with E-state index >= 15 is 0 Å². The molecule has 1 aliphatic rings. The Balaban J connectivity index is 0.00000304. The smallest absolute Gasteiger partial charge is 0.407 e. The zero-order valence-corrected chi connectivity index (χ0v) is 27.8. The van der Waals surface area contributed by atoms with Gasteiger partial charge in [-0.3, -0.25) is 4.79 Å². The second-order valence-electron chi connectivity index (χ2n) is 8.83. The molecule has 0 aromatic heterocycles. The molecule has 0 atom stereocenters. The fraction of sp³-hybridized carbons (Fsp3) is 0.559. The first kappa shape index (κ1) is 41.7. The highest BCUT2D eigenvalue weighted by molar-refractivity contribution is 5.79. The van der Waals surface area contributed by atoms with E-state index in [1.165, 1.54) is 29.3 Å². The van der Waals surface area contributed by atoms with E-state index < -0.39 is 6.09 Å². The Hall–Kier alpha value is -3.35. The molecule has 0 aliphatic heterocycles. The van der Waals surface area contributed by atoms with E-state index in [4.69, 9.17) is 23.7 Å². The van der Waals surface area contributed by atoms with Crippen molar-refractivity contribution in [2.24, 2.45) is 5.73 Å². The quantitative estimate of drug-likeness (QED) is 0.143. The molecule has 0 unspecified atom stereocenters. The maximum atomic E-state index is 12.2. The van der Waals surface area contributed by atoms with Gasteiger partial charge in [0.15, 0.2) is 0 Å². The summed E-state index contributed by atoms with van der Waals surface area (Å²) in [7, 11) is 1.50. The van der Waals surface area contributed by atoms with Crippen molar-refractivity contribution in [2.45, 2.75) is 46.5 Å². The number of rotatable bonds is 20. The molecule has 11 heteroatoms. The summed E-state index contributed by atoms with van der Waals surface area (Å²) in [6.07, 6.45) is 1.52. The monoisotopic (exact) mass is 633 g/mol. The molecule has 1 aliphatic carbocycles. The summed E-state index contributed by atoms with van der Waals surface area (Å²) in [6.45, 7) is 11.9. The molecule has 0 fully saturated rings. The molecular weight excluding hydrogens is 578 g/mol. The van der Waals surface area contributed by atoms with E-state index in [0.717, 1.165) is 0 Å². The zero-order chi connectivity index (χ0) is 33.5. The van der Waals surface area contributed by atoms with Gasteiger partial charge < -0.3 is 44.8 Å². The molecule has 0 spiro atoms. The number of carbonyl (C=O) groups excluding carboxylic acids is 3. The van der Waals surface area contributed by atoms with Crippen molar-refractivity contribution in [1.82, 2.24) is 10.6 Å². The van der Waals surface area contributed by atoms with Crippen LogP contribution in [0, 0.1) is 0 Å². The summed E-state index contributed by atoms with van der Waals surface area (Å²) in [5, 5.41) is 5.45. The van der Waals surface area contributed by atoms with Crippen molar-refractivity contribution in [3.63, 3.8) is 0 Å². The number of aldehydes is 1. The van der Waals surface area contributed by atoms with E-state index in [9.17, 15) is 14.4 Å². The van der Waals surface area contributed by atoms with Crippen LogP contribution in [0.1, 0.15) is 57.6 Å². The molecule has 4 N–H and O–H groups in total. The molecule has 2 aromatic rings. The van der Waals surface area contributed by atoms with Crippen molar-refractivity contribution in [3.8, 4) is 11.1 Å².